The fourth-order valence-electron chi connectivity index (χ4n) is 5.71. The quantitative estimate of drug-likeness (QED) is 0.611. The summed E-state index contributed by atoms with van der Waals surface area (Å²) in [6, 6.07) is 6.39. The molecule has 0 N–H and O–H groups in total. The first kappa shape index (κ1) is 23.4. The normalized spacial score (nSPS) is 29.1. The number of carbonyl (C=O) groups is 3. The third kappa shape index (κ3) is 3.29. The van der Waals surface area contributed by atoms with E-state index in [2.05, 4.69) is 0 Å². The highest BCUT2D eigenvalue weighted by Gasteiger charge is 2.71. The summed E-state index contributed by atoms with van der Waals surface area (Å²) in [6.07, 6.45) is 4.98. The number of hydrogen-bond donors (Lipinski definition) is 0. The molecule has 8 heteroatoms. The summed E-state index contributed by atoms with van der Waals surface area (Å²) >= 11 is 0. The number of allylic oxidation sites excluding steroid dienone is 2. The zero-order chi connectivity index (χ0) is 24.2. The number of aryl methyl sites for hydroxylation is 1. The number of fused-ring (bicyclic) bond motifs is 2. The van der Waals surface area contributed by atoms with Crippen LogP contribution in [0.1, 0.15) is 45.6 Å². The highest BCUT2D eigenvalue weighted by molar-refractivity contribution is 7.89. The molecule has 33 heavy (non-hydrogen) atoms. The van der Waals surface area contributed by atoms with Crippen LogP contribution in [0, 0.1) is 24.2 Å². The fourth-order valence-corrected chi connectivity index (χ4v) is 7.62. The van der Waals surface area contributed by atoms with Crippen molar-refractivity contribution in [2.75, 3.05) is 6.61 Å². The average Bonchev–Trinajstić information content (AvgIpc) is 3.29. The molecule has 1 spiro atoms. The van der Waals surface area contributed by atoms with Crippen LogP contribution in [0.4, 0.5) is 0 Å². The van der Waals surface area contributed by atoms with Crippen molar-refractivity contribution in [3.63, 3.8) is 0 Å². The Balaban J connectivity index is 1.89. The van der Waals surface area contributed by atoms with E-state index in [-0.39, 0.29) is 42.5 Å². The van der Waals surface area contributed by atoms with Gasteiger partial charge in [-0.1, -0.05) is 43.7 Å². The van der Waals surface area contributed by atoms with Gasteiger partial charge >= 0.3 is 5.97 Å². The highest BCUT2D eigenvalue weighted by atomic mass is 32.2. The molecule has 1 heterocycles. The van der Waals surface area contributed by atoms with Gasteiger partial charge in [0.1, 0.15) is 0 Å². The van der Waals surface area contributed by atoms with E-state index in [1.54, 1.807) is 31.2 Å². The molecular formula is C25H29NO6S. The maximum absolute atomic E-state index is 14.1. The van der Waals surface area contributed by atoms with Crippen LogP contribution in [-0.4, -0.2) is 42.5 Å². The van der Waals surface area contributed by atoms with Crippen LogP contribution >= 0.6 is 0 Å². The molecule has 3 atom stereocenters. The van der Waals surface area contributed by atoms with E-state index in [9.17, 15) is 22.8 Å². The van der Waals surface area contributed by atoms with E-state index >= 15 is 0 Å². The van der Waals surface area contributed by atoms with Crippen molar-refractivity contribution in [3.05, 3.63) is 53.6 Å². The minimum atomic E-state index is -4.23. The van der Waals surface area contributed by atoms with Crippen LogP contribution in [0.2, 0.25) is 0 Å². The predicted molar refractivity (Wildman–Crippen MR) is 121 cm³/mol. The van der Waals surface area contributed by atoms with Gasteiger partial charge in [-0.15, -0.1) is 0 Å². The number of nitrogens with zero attached hydrogens (tertiary/aromatic N) is 1. The SMILES string of the molecule is CCOC(=O)C1=CC[C@@]2(C1)C(=O)N(S(=O)(=O)c1ccc(C)cc1)[C@]1(C(C)C)C=CC(=O)C[C@H]21. The van der Waals surface area contributed by atoms with Crippen LogP contribution in [0.5, 0.6) is 0 Å². The summed E-state index contributed by atoms with van der Waals surface area (Å²) in [5.74, 6) is -2.09. The van der Waals surface area contributed by atoms with Gasteiger partial charge in [-0.05, 0) is 50.8 Å². The van der Waals surface area contributed by atoms with Crippen LogP contribution < -0.4 is 0 Å². The first-order valence-electron chi connectivity index (χ1n) is 11.3. The Kier molecular flexibility index (Phi) is 5.63. The van der Waals surface area contributed by atoms with Gasteiger partial charge in [-0.25, -0.2) is 17.5 Å². The lowest BCUT2D eigenvalue weighted by Crippen LogP contribution is -2.55. The monoisotopic (exact) mass is 471 g/mol. The minimum absolute atomic E-state index is 0.0270. The molecule has 0 unspecified atom stereocenters. The van der Waals surface area contributed by atoms with Crippen molar-refractivity contribution >= 4 is 27.7 Å². The number of amides is 1. The number of ether oxygens (including phenoxy) is 1. The Labute approximate surface area is 194 Å². The van der Waals surface area contributed by atoms with Crippen LogP contribution in [-0.2, 0) is 29.1 Å². The van der Waals surface area contributed by atoms with E-state index in [4.69, 9.17) is 4.74 Å². The van der Waals surface area contributed by atoms with E-state index in [0.29, 0.717) is 5.57 Å². The van der Waals surface area contributed by atoms with Crippen molar-refractivity contribution in [3.8, 4) is 0 Å². The lowest BCUT2D eigenvalue weighted by Gasteiger charge is -2.45. The third-order valence-electron chi connectivity index (χ3n) is 7.37. The van der Waals surface area contributed by atoms with Crippen molar-refractivity contribution < 1.29 is 27.5 Å². The van der Waals surface area contributed by atoms with Crippen molar-refractivity contribution in [1.82, 2.24) is 4.31 Å². The highest BCUT2D eigenvalue weighted by Crippen LogP contribution is 2.62. The molecule has 0 radical (unpaired) electrons. The lowest BCUT2D eigenvalue weighted by molar-refractivity contribution is -0.139. The second-order valence-corrected chi connectivity index (χ2v) is 11.3. The number of sulfonamides is 1. The molecule has 0 bridgehead atoms. The molecule has 1 amide bonds. The average molecular weight is 472 g/mol. The Morgan fingerprint density at radius 1 is 1.21 bits per heavy atom. The molecule has 0 aromatic heterocycles. The molecule has 7 nitrogen and oxygen atoms in total. The molecule has 1 aromatic carbocycles. The molecule has 1 saturated heterocycles. The largest absolute Gasteiger partial charge is 0.463 e. The van der Waals surface area contributed by atoms with E-state index < -0.39 is 38.8 Å². The maximum Gasteiger partial charge on any atom is 0.333 e. The summed E-state index contributed by atoms with van der Waals surface area (Å²) in [6.45, 7) is 7.49. The summed E-state index contributed by atoms with van der Waals surface area (Å²) in [7, 11) is -4.23. The van der Waals surface area contributed by atoms with Crippen LogP contribution in [0.15, 0.2) is 53.0 Å². The number of rotatable bonds is 5. The Morgan fingerprint density at radius 3 is 2.48 bits per heavy atom. The summed E-state index contributed by atoms with van der Waals surface area (Å²) < 4.78 is 34.0. The zero-order valence-corrected chi connectivity index (χ0v) is 20.1. The summed E-state index contributed by atoms with van der Waals surface area (Å²) in [4.78, 5) is 39.1. The Bertz CT molecular complexity index is 1180. The molecule has 3 aliphatic rings. The molecule has 4 rings (SSSR count). The molecular weight excluding hydrogens is 442 g/mol. The van der Waals surface area contributed by atoms with Gasteiger partial charge in [0, 0.05) is 17.9 Å². The van der Waals surface area contributed by atoms with Gasteiger partial charge in [0.2, 0.25) is 5.91 Å². The lowest BCUT2D eigenvalue weighted by atomic mass is 9.61. The number of benzene rings is 1. The van der Waals surface area contributed by atoms with Crippen molar-refractivity contribution in [2.45, 2.75) is 57.4 Å². The maximum atomic E-state index is 14.1. The standard InChI is InChI=1S/C25H29NO6S/c1-5-32-22(28)18-10-12-24(15-18)21-14-19(27)11-13-25(21,16(2)3)26(23(24)29)33(30,31)20-8-6-17(4)7-9-20/h6-11,13,16,21H,5,12,14-15H2,1-4H3/t21-,24+,25+/m1/s1. The predicted octanol–water partition coefficient (Wildman–Crippen LogP) is 3.34. The second-order valence-electron chi connectivity index (χ2n) is 9.47. The smallest absolute Gasteiger partial charge is 0.333 e. The molecule has 1 aromatic rings. The van der Waals surface area contributed by atoms with Gasteiger partial charge in [-0.2, -0.15) is 0 Å². The number of ketones is 1. The van der Waals surface area contributed by atoms with Crippen molar-refractivity contribution in [1.29, 1.82) is 0 Å². The Morgan fingerprint density at radius 2 is 1.88 bits per heavy atom. The zero-order valence-electron chi connectivity index (χ0n) is 19.3. The van der Waals surface area contributed by atoms with Gasteiger partial charge < -0.3 is 4.74 Å². The van der Waals surface area contributed by atoms with E-state index in [0.717, 1.165) is 9.87 Å². The minimum Gasteiger partial charge on any atom is -0.463 e. The van der Waals surface area contributed by atoms with E-state index in [1.807, 2.05) is 20.8 Å². The van der Waals surface area contributed by atoms with Gasteiger partial charge in [0.15, 0.2) is 5.78 Å². The second kappa shape index (κ2) is 7.94. The van der Waals surface area contributed by atoms with Crippen molar-refractivity contribution in [2.24, 2.45) is 17.3 Å². The van der Waals surface area contributed by atoms with Gasteiger partial charge in [0.05, 0.1) is 22.5 Å². The number of hydrogen-bond acceptors (Lipinski definition) is 6. The molecule has 176 valence electrons. The summed E-state index contributed by atoms with van der Waals surface area (Å²) in [5.41, 5.74) is -1.13. The molecule has 1 aliphatic heterocycles. The third-order valence-corrected chi connectivity index (χ3v) is 9.20. The number of carbonyl (C=O) groups excluding carboxylic acids is 3. The fraction of sp³-hybridized carbons (Fsp3) is 0.480. The van der Waals surface area contributed by atoms with Crippen LogP contribution in [0.25, 0.3) is 0 Å². The number of esters is 1. The van der Waals surface area contributed by atoms with E-state index in [1.165, 1.54) is 18.2 Å². The molecule has 1 fully saturated rings. The van der Waals surface area contributed by atoms with Gasteiger partial charge in [0.25, 0.3) is 10.0 Å². The first-order valence-corrected chi connectivity index (χ1v) is 12.7. The molecule has 0 saturated carbocycles. The summed E-state index contributed by atoms with van der Waals surface area (Å²) in [5, 5.41) is 0. The molecule has 2 aliphatic carbocycles. The van der Waals surface area contributed by atoms with Crippen LogP contribution in [0.3, 0.4) is 0 Å². The van der Waals surface area contributed by atoms with Gasteiger partial charge in [-0.3, -0.25) is 9.59 Å². The first-order chi connectivity index (χ1) is 15.5. The Hall–Kier alpha value is -2.74. The topological polar surface area (TPSA) is 97.8 Å².